The number of nitrogens with two attached hydrogens (primary N) is 1. The summed E-state index contributed by atoms with van der Waals surface area (Å²) < 4.78 is 20.0. The van der Waals surface area contributed by atoms with Gasteiger partial charge in [0.1, 0.15) is 17.7 Å². The van der Waals surface area contributed by atoms with Crippen molar-refractivity contribution in [3.05, 3.63) is 63.9 Å². The van der Waals surface area contributed by atoms with Crippen LogP contribution in [0.5, 0.6) is 5.75 Å². The lowest BCUT2D eigenvalue weighted by atomic mass is 9.99. The molecule has 4 heteroatoms. The Balaban J connectivity index is 1.70. The first-order chi connectivity index (χ1) is 9.61. The number of fused-ring (bicyclic) bond motifs is 1. The third-order valence-corrected chi connectivity index (χ3v) is 4.00. The highest BCUT2D eigenvalue weighted by Crippen LogP contribution is 2.30. The molecule has 1 heterocycles. The fourth-order valence-corrected chi connectivity index (χ4v) is 3.09. The van der Waals surface area contributed by atoms with E-state index in [2.05, 4.69) is 22.0 Å². The number of ether oxygens (including phenoxy) is 1. The van der Waals surface area contributed by atoms with E-state index in [1.54, 1.807) is 0 Å². The molecule has 104 valence electrons. The smallest absolute Gasteiger partial charge is 0.124 e. The summed E-state index contributed by atoms with van der Waals surface area (Å²) in [5.74, 6) is 0.658. The fraction of sp³-hybridized carbons (Fsp3) is 0.250. The van der Waals surface area contributed by atoms with Crippen LogP contribution in [0, 0.1) is 5.82 Å². The predicted octanol–water partition coefficient (Wildman–Crippen LogP) is 3.46. The Kier molecular flexibility index (Phi) is 3.76. The molecule has 2 N–H and O–H groups in total. The molecule has 1 aliphatic heterocycles. The lowest BCUT2D eigenvalue weighted by Gasteiger charge is -2.19. The fourth-order valence-electron chi connectivity index (χ4n) is 2.58. The number of hydrogen-bond donors (Lipinski definition) is 1. The molecule has 0 fully saturated rings. The monoisotopic (exact) mass is 335 g/mol. The second-order valence-electron chi connectivity index (χ2n) is 5.11. The van der Waals surface area contributed by atoms with E-state index in [0.29, 0.717) is 6.42 Å². The zero-order valence-electron chi connectivity index (χ0n) is 10.9. The van der Waals surface area contributed by atoms with Crippen LogP contribution in [0.4, 0.5) is 4.39 Å². The van der Waals surface area contributed by atoms with Gasteiger partial charge in [0.25, 0.3) is 0 Å². The standard InChI is InChI=1S/C16H15BrFNO/c17-12-5-10(6-13(18)9-12)7-14(19)16-8-11-3-1-2-4-15(11)20-16/h1-6,9,14,16H,7-8,19H2. The Labute approximate surface area is 125 Å². The summed E-state index contributed by atoms with van der Waals surface area (Å²) in [7, 11) is 0. The first-order valence-electron chi connectivity index (χ1n) is 6.57. The second-order valence-corrected chi connectivity index (χ2v) is 6.03. The van der Waals surface area contributed by atoms with Gasteiger partial charge in [-0.15, -0.1) is 0 Å². The number of benzene rings is 2. The average molecular weight is 336 g/mol. The highest BCUT2D eigenvalue weighted by Gasteiger charge is 2.27. The quantitative estimate of drug-likeness (QED) is 0.932. The molecule has 2 aromatic carbocycles. The van der Waals surface area contributed by atoms with Crippen molar-refractivity contribution >= 4 is 15.9 Å². The van der Waals surface area contributed by atoms with Gasteiger partial charge in [-0.2, -0.15) is 0 Å². The number of hydrogen-bond acceptors (Lipinski definition) is 2. The number of para-hydroxylation sites is 1. The molecule has 0 bridgehead atoms. The van der Waals surface area contributed by atoms with E-state index < -0.39 is 0 Å². The van der Waals surface area contributed by atoms with Crippen LogP contribution in [-0.2, 0) is 12.8 Å². The minimum absolute atomic E-state index is 0.0468. The van der Waals surface area contributed by atoms with Gasteiger partial charge in [0.15, 0.2) is 0 Å². The summed E-state index contributed by atoms with van der Waals surface area (Å²) in [6.45, 7) is 0. The molecular formula is C16H15BrFNO. The summed E-state index contributed by atoms with van der Waals surface area (Å²) in [5, 5.41) is 0. The Bertz CT molecular complexity index is 586. The minimum atomic E-state index is -0.253. The van der Waals surface area contributed by atoms with Gasteiger partial charge in [-0.3, -0.25) is 0 Å². The van der Waals surface area contributed by atoms with Gasteiger partial charge < -0.3 is 10.5 Å². The number of halogens is 2. The van der Waals surface area contributed by atoms with Gasteiger partial charge in [-0.05, 0) is 41.8 Å². The van der Waals surface area contributed by atoms with Crippen molar-refractivity contribution in [1.82, 2.24) is 0 Å². The zero-order chi connectivity index (χ0) is 14.1. The van der Waals surface area contributed by atoms with Gasteiger partial charge in [0.05, 0.1) is 0 Å². The first kappa shape index (κ1) is 13.6. The SMILES string of the molecule is NC(Cc1cc(F)cc(Br)c1)C1Cc2ccccc2O1. The molecule has 2 atom stereocenters. The van der Waals surface area contributed by atoms with E-state index in [1.165, 1.54) is 17.7 Å². The van der Waals surface area contributed by atoms with E-state index >= 15 is 0 Å². The van der Waals surface area contributed by atoms with Crippen molar-refractivity contribution in [1.29, 1.82) is 0 Å². The zero-order valence-corrected chi connectivity index (χ0v) is 12.4. The van der Waals surface area contributed by atoms with E-state index in [0.717, 1.165) is 22.2 Å². The van der Waals surface area contributed by atoms with Crippen molar-refractivity contribution in [2.75, 3.05) is 0 Å². The summed E-state index contributed by atoms with van der Waals surface area (Å²) in [6.07, 6.45) is 1.36. The van der Waals surface area contributed by atoms with Crippen molar-refractivity contribution in [3.8, 4) is 5.75 Å². The van der Waals surface area contributed by atoms with Crippen LogP contribution < -0.4 is 10.5 Å². The molecule has 0 saturated heterocycles. The largest absolute Gasteiger partial charge is 0.488 e. The summed E-state index contributed by atoms with van der Waals surface area (Å²) in [4.78, 5) is 0. The van der Waals surface area contributed by atoms with Crippen LogP contribution in [-0.4, -0.2) is 12.1 Å². The van der Waals surface area contributed by atoms with Crippen LogP contribution >= 0.6 is 15.9 Å². The lowest BCUT2D eigenvalue weighted by Crippen LogP contribution is -2.39. The maximum Gasteiger partial charge on any atom is 0.124 e. The first-order valence-corrected chi connectivity index (χ1v) is 7.36. The molecule has 3 rings (SSSR count). The molecule has 2 unspecified atom stereocenters. The van der Waals surface area contributed by atoms with Gasteiger partial charge in [0, 0.05) is 16.9 Å². The Morgan fingerprint density at radius 3 is 2.85 bits per heavy atom. The molecule has 0 aromatic heterocycles. The van der Waals surface area contributed by atoms with Crippen molar-refractivity contribution in [3.63, 3.8) is 0 Å². The van der Waals surface area contributed by atoms with Gasteiger partial charge >= 0.3 is 0 Å². The molecule has 20 heavy (non-hydrogen) atoms. The van der Waals surface area contributed by atoms with Crippen LogP contribution in [0.3, 0.4) is 0 Å². The van der Waals surface area contributed by atoms with Crippen LogP contribution in [0.2, 0.25) is 0 Å². The Hall–Kier alpha value is -1.39. The Morgan fingerprint density at radius 2 is 2.10 bits per heavy atom. The average Bonchev–Trinajstić information content (AvgIpc) is 2.81. The van der Waals surface area contributed by atoms with Gasteiger partial charge in [-0.25, -0.2) is 4.39 Å². The normalized spacial score (nSPS) is 18.4. The summed E-state index contributed by atoms with van der Waals surface area (Å²) in [5.41, 5.74) is 8.29. The molecule has 2 aromatic rings. The van der Waals surface area contributed by atoms with Crippen molar-refractivity contribution in [2.45, 2.75) is 25.0 Å². The molecule has 0 aliphatic carbocycles. The topological polar surface area (TPSA) is 35.2 Å². The highest BCUT2D eigenvalue weighted by molar-refractivity contribution is 9.10. The molecule has 0 radical (unpaired) electrons. The maximum atomic E-state index is 13.4. The van der Waals surface area contributed by atoms with E-state index in [1.807, 2.05) is 24.3 Å². The summed E-state index contributed by atoms with van der Waals surface area (Å²) >= 11 is 3.30. The molecule has 0 spiro atoms. The van der Waals surface area contributed by atoms with Crippen molar-refractivity contribution in [2.24, 2.45) is 5.73 Å². The molecular weight excluding hydrogens is 321 g/mol. The van der Waals surface area contributed by atoms with Crippen molar-refractivity contribution < 1.29 is 9.13 Å². The van der Waals surface area contributed by atoms with E-state index in [9.17, 15) is 4.39 Å². The van der Waals surface area contributed by atoms with Crippen LogP contribution in [0.15, 0.2) is 46.9 Å². The minimum Gasteiger partial charge on any atom is -0.488 e. The Morgan fingerprint density at radius 1 is 1.30 bits per heavy atom. The molecule has 1 aliphatic rings. The van der Waals surface area contributed by atoms with Crippen LogP contribution in [0.25, 0.3) is 0 Å². The number of rotatable bonds is 3. The lowest BCUT2D eigenvalue weighted by molar-refractivity contribution is 0.198. The summed E-state index contributed by atoms with van der Waals surface area (Å²) in [6, 6.07) is 12.7. The van der Waals surface area contributed by atoms with Crippen LogP contribution in [0.1, 0.15) is 11.1 Å². The maximum absolute atomic E-state index is 13.4. The van der Waals surface area contributed by atoms with Gasteiger partial charge in [-0.1, -0.05) is 34.1 Å². The third kappa shape index (κ3) is 2.86. The molecule has 0 saturated carbocycles. The van der Waals surface area contributed by atoms with E-state index in [4.69, 9.17) is 10.5 Å². The second kappa shape index (κ2) is 5.54. The predicted molar refractivity (Wildman–Crippen MR) is 80.3 cm³/mol. The van der Waals surface area contributed by atoms with Gasteiger partial charge in [0.2, 0.25) is 0 Å². The van der Waals surface area contributed by atoms with E-state index in [-0.39, 0.29) is 18.0 Å². The third-order valence-electron chi connectivity index (χ3n) is 3.54. The molecule has 0 amide bonds. The highest BCUT2D eigenvalue weighted by atomic mass is 79.9. The molecule has 2 nitrogen and oxygen atoms in total.